The first-order valence-corrected chi connectivity index (χ1v) is 8.52. The smallest absolute Gasteiger partial charge is 0.397 e. The zero-order valence-electron chi connectivity index (χ0n) is 13.9. The number of aromatic nitrogens is 2. The first-order chi connectivity index (χ1) is 12.5. The number of morpholine rings is 1. The summed E-state index contributed by atoms with van der Waals surface area (Å²) in [6.45, 7) is 2.17. The third kappa shape index (κ3) is 3.99. The summed E-state index contributed by atoms with van der Waals surface area (Å²) in [7, 11) is 0. The van der Waals surface area contributed by atoms with Crippen LogP contribution in [0.4, 0.5) is 19.2 Å². The molecule has 0 radical (unpaired) electrons. The van der Waals surface area contributed by atoms with Gasteiger partial charge in [-0.05, 0) is 12.0 Å². The Kier molecular flexibility index (Phi) is 4.58. The van der Waals surface area contributed by atoms with Gasteiger partial charge in [0.1, 0.15) is 6.42 Å². The Morgan fingerprint density at radius 1 is 1.15 bits per heavy atom. The molecule has 140 valence electrons. The third-order valence-corrected chi connectivity index (χ3v) is 4.74. The Balaban J connectivity index is 1.34. The van der Waals surface area contributed by atoms with Crippen LogP contribution in [0.3, 0.4) is 0 Å². The highest BCUT2D eigenvalue weighted by atomic mass is 19.4. The molecular formula is C17H19F3N4O2. The lowest BCUT2D eigenvalue weighted by atomic mass is 10.1. The number of rotatable bonds is 4. The van der Waals surface area contributed by atoms with E-state index in [1.807, 2.05) is 18.2 Å². The Bertz CT molecular complexity index is 737. The Morgan fingerprint density at radius 3 is 2.73 bits per heavy atom. The third-order valence-electron chi connectivity index (χ3n) is 4.74. The van der Waals surface area contributed by atoms with Crippen molar-refractivity contribution in [2.75, 3.05) is 25.0 Å². The number of hydrogen-bond donors (Lipinski definition) is 1. The molecule has 0 saturated carbocycles. The molecule has 3 heterocycles. The predicted molar refractivity (Wildman–Crippen MR) is 86.6 cm³/mol. The molecular weight excluding hydrogens is 349 g/mol. The van der Waals surface area contributed by atoms with Crippen LogP contribution in [0.5, 0.6) is 0 Å². The summed E-state index contributed by atoms with van der Waals surface area (Å²) < 4.78 is 48.1. The van der Waals surface area contributed by atoms with Crippen molar-refractivity contribution in [3.05, 3.63) is 41.8 Å². The van der Waals surface area contributed by atoms with Gasteiger partial charge in [-0.2, -0.15) is 13.2 Å². The molecule has 1 aromatic heterocycles. The standard InChI is InChI=1S/C17H19F3N4O2/c18-17(19,20)7-15-22-23-16(26-15)21-12-6-13-10-25-14(9-24(13)8-12)11-4-2-1-3-5-11/h1-5,12-14H,6-10H2,(H,21,23)/t12-,13+,14-/m1/s1. The Hall–Kier alpha value is -2.13. The molecule has 1 N–H and O–H groups in total. The van der Waals surface area contributed by atoms with Gasteiger partial charge in [-0.15, -0.1) is 5.10 Å². The quantitative estimate of drug-likeness (QED) is 0.895. The van der Waals surface area contributed by atoms with Gasteiger partial charge in [0.2, 0.25) is 5.89 Å². The summed E-state index contributed by atoms with van der Waals surface area (Å²) in [5, 5.41) is 10.2. The van der Waals surface area contributed by atoms with Crippen molar-refractivity contribution in [1.82, 2.24) is 15.1 Å². The minimum Gasteiger partial charge on any atom is -0.408 e. The topological polar surface area (TPSA) is 63.4 Å². The molecule has 4 rings (SSSR count). The first-order valence-electron chi connectivity index (χ1n) is 8.52. The Morgan fingerprint density at radius 2 is 1.96 bits per heavy atom. The monoisotopic (exact) mass is 368 g/mol. The molecule has 0 unspecified atom stereocenters. The number of nitrogens with one attached hydrogen (secondary N) is 1. The van der Waals surface area contributed by atoms with Crippen molar-refractivity contribution in [2.24, 2.45) is 0 Å². The van der Waals surface area contributed by atoms with Crippen LogP contribution in [0.15, 0.2) is 34.7 Å². The molecule has 3 atom stereocenters. The van der Waals surface area contributed by atoms with Gasteiger partial charge in [-0.25, -0.2) is 0 Å². The van der Waals surface area contributed by atoms with Crippen LogP contribution in [0.1, 0.15) is 24.0 Å². The second-order valence-corrected chi connectivity index (χ2v) is 6.71. The van der Waals surface area contributed by atoms with E-state index in [0.717, 1.165) is 25.1 Å². The molecule has 2 aliphatic rings. The summed E-state index contributed by atoms with van der Waals surface area (Å²) in [5.74, 6) is -0.428. The first kappa shape index (κ1) is 17.3. The van der Waals surface area contributed by atoms with E-state index in [0.29, 0.717) is 6.61 Å². The lowest BCUT2D eigenvalue weighted by molar-refractivity contribution is -0.130. The number of nitrogens with zero attached hydrogens (tertiary/aromatic N) is 3. The Labute approximate surface area is 148 Å². The summed E-state index contributed by atoms with van der Waals surface area (Å²) in [4.78, 5) is 2.34. The SMILES string of the molecule is FC(F)(F)Cc1nnc(N[C@@H]2C[C@H]3CO[C@@H](c4ccccc4)CN3C2)o1. The predicted octanol–water partition coefficient (Wildman–Crippen LogP) is 2.80. The fourth-order valence-electron chi connectivity index (χ4n) is 3.58. The number of alkyl halides is 3. The zero-order valence-corrected chi connectivity index (χ0v) is 13.9. The minimum atomic E-state index is -4.36. The second-order valence-electron chi connectivity index (χ2n) is 6.71. The van der Waals surface area contributed by atoms with E-state index in [2.05, 4.69) is 32.5 Å². The highest BCUT2D eigenvalue weighted by molar-refractivity contribution is 5.23. The maximum Gasteiger partial charge on any atom is 0.397 e. The number of halogens is 3. The van der Waals surface area contributed by atoms with Gasteiger partial charge in [-0.1, -0.05) is 35.4 Å². The maximum absolute atomic E-state index is 12.4. The second kappa shape index (κ2) is 6.88. The highest BCUT2D eigenvalue weighted by Crippen LogP contribution is 2.31. The van der Waals surface area contributed by atoms with Crippen molar-refractivity contribution in [3.63, 3.8) is 0 Å². The van der Waals surface area contributed by atoms with Crippen LogP contribution >= 0.6 is 0 Å². The van der Waals surface area contributed by atoms with Gasteiger partial charge in [0.05, 0.1) is 12.7 Å². The fraction of sp³-hybridized carbons (Fsp3) is 0.529. The van der Waals surface area contributed by atoms with E-state index in [9.17, 15) is 13.2 Å². The molecule has 2 saturated heterocycles. The molecule has 2 aromatic rings. The lowest BCUT2D eigenvalue weighted by Crippen LogP contribution is -2.42. The number of hydrogen-bond acceptors (Lipinski definition) is 6. The van der Waals surface area contributed by atoms with E-state index in [-0.39, 0.29) is 24.2 Å². The van der Waals surface area contributed by atoms with Crippen molar-refractivity contribution < 1.29 is 22.3 Å². The van der Waals surface area contributed by atoms with Gasteiger partial charge in [0, 0.05) is 25.2 Å². The van der Waals surface area contributed by atoms with Gasteiger partial charge < -0.3 is 14.5 Å². The van der Waals surface area contributed by atoms with Crippen LogP contribution in [0.2, 0.25) is 0 Å². The van der Waals surface area contributed by atoms with Crippen LogP contribution in [-0.2, 0) is 11.2 Å². The van der Waals surface area contributed by atoms with Gasteiger partial charge in [-0.3, -0.25) is 4.90 Å². The van der Waals surface area contributed by atoms with Crippen LogP contribution < -0.4 is 5.32 Å². The van der Waals surface area contributed by atoms with Crippen molar-refractivity contribution in [3.8, 4) is 0 Å². The van der Waals surface area contributed by atoms with E-state index in [1.165, 1.54) is 0 Å². The van der Waals surface area contributed by atoms with Gasteiger partial charge in [0.15, 0.2) is 0 Å². The van der Waals surface area contributed by atoms with E-state index < -0.39 is 18.5 Å². The van der Waals surface area contributed by atoms with Crippen molar-refractivity contribution in [2.45, 2.75) is 37.2 Å². The molecule has 9 heteroatoms. The molecule has 0 amide bonds. The molecule has 6 nitrogen and oxygen atoms in total. The van der Waals surface area contributed by atoms with Crippen molar-refractivity contribution in [1.29, 1.82) is 0 Å². The summed E-state index contributed by atoms with van der Waals surface area (Å²) in [6, 6.07) is 10.4. The molecule has 2 aliphatic heterocycles. The fourth-order valence-corrected chi connectivity index (χ4v) is 3.58. The number of ether oxygens (including phenoxy) is 1. The molecule has 0 spiro atoms. The minimum absolute atomic E-state index is 0.0352. The normalized spacial score (nSPS) is 26.7. The molecule has 2 fully saturated rings. The lowest BCUT2D eigenvalue weighted by Gasteiger charge is -2.35. The average molecular weight is 368 g/mol. The molecule has 26 heavy (non-hydrogen) atoms. The summed E-state index contributed by atoms with van der Waals surface area (Å²) >= 11 is 0. The number of fused-ring (bicyclic) bond motifs is 1. The molecule has 0 bridgehead atoms. The van der Waals surface area contributed by atoms with Crippen molar-refractivity contribution >= 4 is 6.01 Å². The van der Waals surface area contributed by atoms with E-state index >= 15 is 0 Å². The van der Waals surface area contributed by atoms with E-state index in [1.54, 1.807) is 0 Å². The molecule has 1 aromatic carbocycles. The zero-order chi connectivity index (χ0) is 18.1. The van der Waals surface area contributed by atoms with Crippen LogP contribution in [0, 0.1) is 0 Å². The van der Waals surface area contributed by atoms with Gasteiger partial charge >= 0.3 is 12.2 Å². The largest absolute Gasteiger partial charge is 0.408 e. The number of benzene rings is 1. The van der Waals surface area contributed by atoms with Gasteiger partial charge in [0.25, 0.3) is 0 Å². The summed E-state index contributed by atoms with van der Waals surface area (Å²) in [5.41, 5.74) is 1.15. The number of anilines is 1. The highest BCUT2D eigenvalue weighted by Gasteiger charge is 2.38. The average Bonchev–Trinajstić information content (AvgIpc) is 3.19. The van der Waals surface area contributed by atoms with E-state index in [4.69, 9.17) is 9.15 Å². The van der Waals surface area contributed by atoms with Crippen LogP contribution in [-0.4, -0.2) is 53.1 Å². The van der Waals surface area contributed by atoms with Crippen LogP contribution in [0.25, 0.3) is 0 Å². The molecule has 0 aliphatic carbocycles. The maximum atomic E-state index is 12.4. The summed E-state index contributed by atoms with van der Waals surface area (Å²) in [6.07, 6.45) is -4.72.